The third kappa shape index (κ3) is 3.89. The summed E-state index contributed by atoms with van der Waals surface area (Å²) in [7, 11) is 0. The highest BCUT2D eigenvalue weighted by molar-refractivity contribution is 7.09. The molecule has 0 bridgehead atoms. The maximum atomic E-state index is 12.6. The van der Waals surface area contributed by atoms with Gasteiger partial charge in [0.25, 0.3) is 0 Å². The Kier molecular flexibility index (Phi) is 5.09. The van der Waals surface area contributed by atoms with Crippen molar-refractivity contribution in [3.8, 4) is 0 Å². The van der Waals surface area contributed by atoms with Gasteiger partial charge in [-0.2, -0.15) is 8.78 Å². The van der Waals surface area contributed by atoms with Crippen molar-refractivity contribution in [1.82, 2.24) is 4.98 Å². The van der Waals surface area contributed by atoms with Crippen molar-refractivity contribution in [3.63, 3.8) is 0 Å². The van der Waals surface area contributed by atoms with Gasteiger partial charge in [0.1, 0.15) is 17.0 Å². The van der Waals surface area contributed by atoms with E-state index in [0.29, 0.717) is 0 Å². The molecule has 114 valence electrons. The number of hydrogen-bond donors (Lipinski definition) is 1. The molecule has 0 saturated heterocycles. The molecule has 4 nitrogen and oxygen atoms in total. The Morgan fingerprint density at radius 2 is 2.10 bits per heavy atom. The van der Waals surface area contributed by atoms with Gasteiger partial charge in [0.05, 0.1) is 12.3 Å². The van der Waals surface area contributed by atoms with E-state index in [1.54, 1.807) is 0 Å². The van der Waals surface area contributed by atoms with Gasteiger partial charge in [-0.1, -0.05) is 0 Å². The molecular formula is C11H13F4NO3S. The van der Waals surface area contributed by atoms with Crippen molar-refractivity contribution in [2.75, 3.05) is 6.61 Å². The number of halogens is 4. The predicted molar refractivity (Wildman–Crippen MR) is 63.4 cm³/mol. The molecule has 0 fully saturated rings. The molecule has 0 aliphatic rings. The number of thiazole rings is 1. The number of carbonyl (C=O) groups is 1. The van der Waals surface area contributed by atoms with Gasteiger partial charge in [0.2, 0.25) is 0 Å². The Hall–Kier alpha value is -1.22. The van der Waals surface area contributed by atoms with E-state index in [2.05, 4.69) is 9.72 Å². The summed E-state index contributed by atoms with van der Waals surface area (Å²) in [6.07, 6.45) is -3.79. The molecule has 0 unspecified atom stereocenters. The molecule has 0 amide bonds. The molecule has 0 radical (unpaired) electrons. The SMILES string of the molecule is CC(C)(C(=O)O)c1csc(COCC(F)(F)C(F)F)n1. The van der Waals surface area contributed by atoms with Gasteiger partial charge < -0.3 is 9.84 Å². The molecule has 0 aliphatic carbocycles. The van der Waals surface area contributed by atoms with Gasteiger partial charge >= 0.3 is 18.3 Å². The lowest BCUT2D eigenvalue weighted by atomic mass is 9.90. The lowest BCUT2D eigenvalue weighted by Gasteiger charge is -2.16. The highest BCUT2D eigenvalue weighted by atomic mass is 32.1. The third-order valence-electron chi connectivity index (χ3n) is 2.57. The molecule has 1 aromatic rings. The highest BCUT2D eigenvalue weighted by Gasteiger charge is 2.41. The summed E-state index contributed by atoms with van der Waals surface area (Å²) in [5.41, 5.74) is -0.962. The Balaban J connectivity index is 2.60. The summed E-state index contributed by atoms with van der Waals surface area (Å²) in [5.74, 6) is -5.29. The Bertz CT molecular complexity index is 476. The van der Waals surface area contributed by atoms with Crippen molar-refractivity contribution in [1.29, 1.82) is 0 Å². The van der Waals surface area contributed by atoms with E-state index >= 15 is 0 Å². The lowest BCUT2D eigenvalue weighted by Crippen LogP contribution is -2.32. The molecule has 1 aromatic heterocycles. The maximum absolute atomic E-state index is 12.6. The summed E-state index contributed by atoms with van der Waals surface area (Å²) in [6, 6.07) is 0. The van der Waals surface area contributed by atoms with Crippen LogP contribution >= 0.6 is 11.3 Å². The van der Waals surface area contributed by atoms with Gasteiger partial charge in [-0.3, -0.25) is 4.79 Å². The van der Waals surface area contributed by atoms with E-state index in [1.165, 1.54) is 19.2 Å². The van der Waals surface area contributed by atoms with Crippen LogP contribution < -0.4 is 0 Å². The van der Waals surface area contributed by atoms with Crippen molar-refractivity contribution in [2.24, 2.45) is 0 Å². The third-order valence-corrected chi connectivity index (χ3v) is 3.39. The van der Waals surface area contributed by atoms with E-state index in [-0.39, 0.29) is 17.3 Å². The summed E-state index contributed by atoms with van der Waals surface area (Å²) in [4.78, 5) is 14.9. The van der Waals surface area contributed by atoms with E-state index < -0.39 is 30.3 Å². The fraction of sp³-hybridized carbons (Fsp3) is 0.636. The van der Waals surface area contributed by atoms with E-state index in [9.17, 15) is 22.4 Å². The first-order valence-corrected chi connectivity index (χ1v) is 6.37. The average Bonchev–Trinajstić information content (AvgIpc) is 2.77. The van der Waals surface area contributed by atoms with Crippen molar-refractivity contribution in [3.05, 3.63) is 16.1 Å². The monoisotopic (exact) mass is 315 g/mol. The lowest BCUT2D eigenvalue weighted by molar-refractivity contribution is -0.168. The summed E-state index contributed by atoms with van der Waals surface area (Å²) < 4.78 is 53.4. The zero-order valence-corrected chi connectivity index (χ0v) is 11.5. The number of hydrogen-bond acceptors (Lipinski definition) is 4. The Morgan fingerprint density at radius 1 is 1.50 bits per heavy atom. The average molecular weight is 315 g/mol. The fourth-order valence-electron chi connectivity index (χ4n) is 1.11. The molecule has 1 N–H and O–H groups in total. The van der Waals surface area contributed by atoms with Crippen LogP contribution in [0.3, 0.4) is 0 Å². The van der Waals surface area contributed by atoms with E-state index in [4.69, 9.17) is 5.11 Å². The summed E-state index contributed by atoms with van der Waals surface area (Å²) in [5, 5.41) is 10.7. The fourth-order valence-corrected chi connectivity index (χ4v) is 2.01. The quantitative estimate of drug-likeness (QED) is 0.786. The van der Waals surface area contributed by atoms with Crippen LogP contribution in [0.5, 0.6) is 0 Å². The minimum Gasteiger partial charge on any atom is -0.481 e. The second kappa shape index (κ2) is 6.04. The molecule has 1 rings (SSSR count). The number of aromatic nitrogens is 1. The second-order valence-corrected chi connectivity index (χ2v) is 5.55. The number of rotatable bonds is 7. The number of carboxylic acid groups (broad SMARTS) is 1. The van der Waals surface area contributed by atoms with Crippen LogP contribution in [-0.4, -0.2) is 35.0 Å². The molecule has 0 aromatic carbocycles. The molecule has 0 atom stereocenters. The van der Waals surface area contributed by atoms with E-state index in [1.807, 2.05) is 0 Å². The van der Waals surface area contributed by atoms with Crippen molar-refractivity contribution < 1.29 is 32.2 Å². The topological polar surface area (TPSA) is 59.4 Å². The zero-order valence-electron chi connectivity index (χ0n) is 10.7. The van der Waals surface area contributed by atoms with Crippen LogP contribution in [0.15, 0.2) is 5.38 Å². The highest BCUT2D eigenvalue weighted by Crippen LogP contribution is 2.26. The summed E-state index contributed by atoms with van der Waals surface area (Å²) >= 11 is 1.02. The molecule has 9 heteroatoms. The normalized spacial score (nSPS) is 12.9. The number of alkyl halides is 4. The van der Waals surface area contributed by atoms with Crippen LogP contribution in [0, 0.1) is 0 Å². The molecule has 1 heterocycles. The van der Waals surface area contributed by atoms with Crippen molar-refractivity contribution >= 4 is 17.3 Å². The molecule has 0 spiro atoms. The first-order valence-electron chi connectivity index (χ1n) is 5.49. The van der Waals surface area contributed by atoms with Crippen LogP contribution in [0.1, 0.15) is 24.5 Å². The van der Waals surface area contributed by atoms with E-state index in [0.717, 1.165) is 11.3 Å². The molecule has 0 aliphatic heterocycles. The largest absolute Gasteiger partial charge is 0.481 e. The first-order chi connectivity index (χ1) is 9.07. The Labute approximate surface area is 116 Å². The Morgan fingerprint density at radius 3 is 2.60 bits per heavy atom. The van der Waals surface area contributed by atoms with Gasteiger partial charge in [-0.15, -0.1) is 11.3 Å². The van der Waals surface area contributed by atoms with Gasteiger partial charge in [-0.05, 0) is 13.8 Å². The number of aliphatic carboxylic acids is 1. The number of nitrogens with zero attached hydrogens (tertiary/aromatic N) is 1. The molecular weight excluding hydrogens is 302 g/mol. The second-order valence-electron chi connectivity index (χ2n) is 4.61. The van der Waals surface area contributed by atoms with Crippen LogP contribution in [0.4, 0.5) is 17.6 Å². The van der Waals surface area contributed by atoms with Crippen molar-refractivity contribution in [2.45, 2.75) is 38.2 Å². The number of carboxylic acids is 1. The van der Waals surface area contributed by atoms with Crippen LogP contribution in [0.25, 0.3) is 0 Å². The maximum Gasteiger partial charge on any atom is 0.330 e. The minimum atomic E-state index is -4.21. The zero-order chi connectivity index (χ0) is 15.6. The minimum absolute atomic E-state index is 0.249. The van der Waals surface area contributed by atoms with Gasteiger partial charge in [0, 0.05) is 5.38 Å². The standard InChI is InChI=1S/C11H13F4NO3S/c1-10(2,9(17)18)6-4-20-7(16-6)3-19-5-11(14,15)8(12)13/h4,8H,3,5H2,1-2H3,(H,17,18). The van der Waals surface area contributed by atoms with Crippen LogP contribution in [0.2, 0.25) is 0 Å². The molecule has 20 heavy (non-hydrogen) atoms. The van der Waals surface area contributed by atoms with Gasteiger partial charge in [-0.25, -0.2) is 13.8 Å². The predicted octanol–water partition coefficient (Wildman–Crippen LogP) is 2.92. The van der Waals surface area contributed by atoms with Crippen LogP contribution in [-0.2, 0) is 21.6 Å². The summed E-state index contributed by atoms with van der Waals surface area (Å²) in [6.45, 7) is 1.10. The first kappa shape index (κ1) is 16.8. The smallest absolute Gasteiger partial charge is 0.330 e. The number of ether oxygens (including phenoxy) is 1. The van der Waals surface area contributed by atoms with Gasteiger partial charge in [0.15, 0.2) is 0 Å². The molecule has 0 saturated carbocycles.